The van der Waals surface area contributed by atoms with Gasteiger partial charge in [0.15, 0.2) is 5.58 Å². The molecule has 10 aromatic carbocycles. The molecule has 1 aliphatic carbocycles. The second kappa shape index (κ2) is 14.1. The Kier molecular flexibility index (Phi) is 8.20. The van der Waals surface area contributed by atoms with E-state index in [0.29, 0.717) is 0 Å². The summed E-state index contributed by atoms with van der Waals surface area (Å²) in [6, 6.07) is 79.0. The van der Waals surface area contributed by atoms with Gasteiger partial charge in [0.05, 0.1) is 5.69 Å². The molecule has 1 aliphatic rings. The Bertz CT molecular complexity index is 3440. The topological polar surface area (TPSA) is 19.6 Å². The summed E-state index contributed by atoms with van der Waals surface area (Å²) >= 11 is 0. The van der Waals surface area contributed by atoms with Crippen LogP contribution in [-0.2, 0) is 5.41 Å². The summed E-state index contributed by atoms with van der Waals surface area (Å²) in [4.78, 5) is 4.73. The zero-order chi connectivity index (χ0) is 41.4. The number of rotatable bonds is 7. The lowest BCUT2D eigenvalue weighted by Crippen LogP contribution is -2.24. The minimum Gasteiger partial charge on any atom is -0.454 e. The number of para-hydroxylation sites is 5. The lowest BCUT2D eigenvalue weighted by molar-refractivity contribution is 0.645. The first-order valence-corrected chi connectivity index (χ1v) is 21.4. The Morgan fingerprint density at radius 2 is 0.935 bits per heavy atom. The Morgan fingerprint density at radius 1 is 0.371 bits per heavy atom. The van der Waals surface area contributed by atoms with Crippen LogP contribution in [0.4, 0.5) is 34.1 Å². The van der Waals surface area contributed by atoms with Crippen molar-refractivity contribution < 1.29 is 4.42 Å². The van der Waals surface area contributed by atoms with Gasteiger partial charge in [0.25, 0.3) is 0 Å². The van der Waals surface area contributed by atoms with Gasteiger partial charge in [-0.15, -0.1) is 0 Å². The van der Waals surface area contributed by atoms with E-state index in [2.05, 4.69) is 236 Å². The van der Waals surface area contributed by atoms with Gasteiger partial charge in [0.1, 0.15) is 5.58 Å². The lowest BCUT2D eigenvalue weighted by atomic mass is 9.66. The van der Waals surface area contributed by atoms with E-state index in [9.17, 15) is 0 Å². The van der Waals surface area contributed by atoms with Crippen molar-refractivity contribution in [3.8, 4) is 22.3 Å². The molecule has 1 aromatic heterocycles. The van der Waals surface area contributed by atoms with E-state index in [1.165, 1.54) is 54.9 Å². The van der Waals surface area contributed by atoms with Gasteiger partial charge in [-0.3, -0.25) is 0 Å². The molecule has 0 fully saturated rings. The van der Waals surface area contributed by atoms with Gasteiger partial charge < -0.3 is 14.2 Å². The highest BCUT2D eigenvalue weighted by atomic mass is 16.3. The third kappa shape index (κ3) is 5.52. The van der Waals surface area contributed by atoms with E-state index >= 15 is 0 Å². The molecule has 3 heteroatoms. The van der Waals surface area contributed by atoms with Gasteiger partial charge >= 0.3 is 0 Å². The molecule has 0 amide bonds. The van der Waals surface area contributed by atoms with Crippen molar-refractivity contribution in [3.63, 3.8) is 0 Å². The van der Waals surface area contributed by atoms with Crippen molar-refractivity contribution in [3.05, 3.63) is 230 Å². The first kappa shape index (κ1) is 36.0. The fraction of sp³-hybridized carbons (Fsp3) is 0.0508. The highest BCUT2D eigenvalue weighted by molar-refractivity contribution is 6.24. The van der Waals surface area contributed by atoms with Crippen LogP contribution in [0, 0.1) is 0 Å². The molecule has 0 spiro atoms. The minimum atomic E-state index is -0.328. The number of hydrogen-bond donors (Lipinski definition) is 0. The first-order valence-electron chi connectivity index (χ1n) is 21.4. The quantitative estimate of drug-likeness (QED) is 0.150. The molecule has 0 bridgehead atoms. The molecular weight excluding hydrogens is 753 g/mol. The van der Waals surface area contributed by atoms with Crippen molar-refractivity contribution in [2.45, 2.75) is 19.3 Å². The fourth-order valence-corrected chi connectivity index (χ4v) is 10.2. The largest absolute Gasteiger partial charge is 0.454 e. The molecule has 0 aliphatic heterocycles. The van der Waals surface area contributed by atoms with E-state index in [4.69, 9.17) is 4.42 Å². The number of anilines is 6. The van der Waals surface area contributed by atoms with Crippen molar-refractivity contribution in [2.24, 2.45) is 0 Å². The first-order chi connectivity index (χ1) is 30.5. The average Bonchev–Trinajstić information content (AvgIpc) is 3.72. The van der Waals surface area contributed by atoms with Gasteiger partial charge in [-0.05, 0) is 128 Å². The predicted molar refractivity (Wildman–Crippen MR) is 261 cm³/mol. The van der Waals surface area contributed by atoms with Gasteiger partial charge in [0, 0.05) is 44.6 Å². The second-order valence-corrected chi connectivity index (χ2v) is 16.9. The maximum atomic E-state index is 6.68. The molecule has 0 unspecified atom stereocenters. The molecule has 0 radical (unpaired) electrons. The summed E-state index contributed by atoms with van der Waals surface area (Å²) in [5, 5.41) is 7.28. The maximum absolute atomic E-state index is 6.68. The Balaban J connectivity index is 1.12. The van der Waals surface area contributed by atoms with Crippen LogP contribution in [0.1, 0.15) is 25.0 Å². The standard InChI is InChI=1S/C59H42N2O/c1-59(2)51-30-17-28-46-50-37-43(60(40-21-9-4-10-22-40)41-23-11-5-12-24-41)33-35-47(50)55(39-19-7-3-8-20-39)57(56(46)51)49-36-34-44(38-52(49)59)61(42-25-13-6-14-26-42)53-31-18-29-48-45-27-15-16-32-54(45)62-58(48)53/h3-38H,1-2H3. The highest BCUT2D eigenvalue weighted by Crippen LogP contribution is 2.56. The van der Waals surface area contributed by atoms with E-state index in [0.717, 1.165) is 56.1 Å². The zero-order valence-corrected chi connectivity index (χ0v) is 34.6. The van der Waals surface area contributed by atoms with Gasteiger partial charge in [-0.1, -0.05) is 159 Å². The van der Waals surface area contributed by atoms with Crippen LogP contribution < -0.4 is 9.80 Å². The van der Waals surface area contributed by atoms with Crippen LogP contribution in [0.2, 0.25) is 0 Å². The molecular formula is C59H42N2O. The Labute approximate surface area is 361 Å². The molecule has 62 heavy (non-hydrogen) atoms. The number of benzene rings is 10. The summed E-state index contributed by atoms with van der Waals surface area (Å²) < 4.78 is 6.68. The van der Waals surface area contributed by atoms with Gasteiger partial charge in [-0.2, -0.15) is 0 Å². The van der Waals surface area contributed by atoms with Crippen LogP contribution in [0.3, 0.4) is 0 Å². The van der Waals surface area contributed by atoms with Crippen LogP contribution in [0.5, 0.6) is 0 Å². The van der Waals surface area contributed by atoms with E-state index in [1.54, 1.807) is 0 Å². The van der Waals surface area contributed by atoms with Crippen LogP contribution in [-0.4, -0.2) is 0 Å². The van der Waals surface area contributed by atoms with Crippen molar-refractivity contribution in [2.75, 3.05) is 9.80 Å². The van der Waals surface area contributed by atoms with Gasteiger partial charge in [-0.25, -0.2) is 0 Å². The van der Waals surface area contributed by atoms with Gasteiger partial charge in [0.2, 0.25) is 0 Å². The molecule has 0 saturated carbocycles. The van der Waals surface area contributed by atoms with Crippen LogP contribution in [0.25, 0.3) is 65.7 Å². The normalized spacial score (nSPS) is 12.8. The lowest BCUT2D eigenvalue weighted by Gasteiger charge is -2.38. The summed E-state index contributed by atoms with van der Waals surface area (Å²) in [5.74, 6) is 0. The number of furan rings is 1. The summed E-state index contributed by atoms with van der Waals surface area (Å²) in [6.07, 6.45) is 0. The second-order valence-electron chi connectivity index (χ2n) is 16.9. The molecule has 11 aromatic rings. The molecule has 0 atom stereocenters. The number of hydrogen-bond acceptors (Lipinski definition) is 3. The molecule has 0 N–H and O–H groups in total. The number of nitrogens with zero attached hydrogens (tertiary/aromatic N) is 2. The molecule has 0 saturated heterocycles. The number of fused-ring (bicyclic) bond motifs is 7. The Morgan fingerprint density at radius 3 is 1.65 bits per heavy atom. The average molecular weight is 795 g/mol. The SMILES string of the molecule is CC1(C)c2cc(N(c3ccccc3)c3cccc4c3oc3ccccc34)ccc2-c2c(-c3ccccc3)c3ccc(N(c4ccccc4)c4ccccc4)cc3c3cccc1c23. The van der Waals surface area contributed by atoms with E-state index < -0.39 is 0 Å². The summed E-state index contributed by atoms with van der Waals surface area (Å²) in [5.41, 5.74) is 15.6. The van der Waals surface area contributed by atoms with E-state index in [-0.39, 0.29) is 5.41 Å². The highest BCUT2D eigenvalue weighted by Gasteiger charge is 2.37. The summed E-state index contributed by atoms with van der Waals surface area (Å²) in [6.45, 7) is 4.80. The molecule has 1 heterocycles. The predicted octanol–water partition coefficient (Wildman–Crippen LogP) is 16.8. The maximum Gasteiger partial charge on any atom is 0.159 e. The fourth-order valence-electron chi connectivity index (χ4n) is 10.2. The molecule has 12 rings (SSSR count). The molecule has 294 valence electrons. The smallest absolute Gasteiger partial charge is 0.159 e. The third-order valence-corrected chi connectivity index (χ3v) is 13.0. The third-order valence-electron chi connectivity index (χ3n) is 13.0. The van der Waals surface area contributed by atoms with Crippen LogP contribution >= 0.6 is 0 Å². The van der Waals surface area contributed by atoms with Crippen LogP contribution in [0.15, 0.2) is 223 Å². The molecule has 3 nitrogen and oxygen atoms in total. The van der Waals surface area contributed by atoms with E-state index in [1.807, 2.05) is 6.07 Å². The minimum absolute atomic E-state index is 0.328. The zero-order valence-electron chi connectivity index (χ0n) is 34.6. The Hall–Kier alpha value is -7.88. The summed E-state index contributed by atoms with van der Waals surface area (Å²) in [7, 11) is 0. The van der Waals surface area contributed by atoms with Crippen molar-refractivity contribution >= 4 is 77.6 Å². The van der Waals surface area contributed by atoms with Crippen molar-refractivity contribution in [1.29, 1.82) is 0 Å². The van der Waals surface area contributed by atoms with Crippen molar-refractivity contribution in [1.82, 2.24) is 0 Å². The monoisotopic (exact) mass is 794 g/mol.